The van der Waals surface area contributed by atoms with E-state index < -0.39 is 0 Å². The molecule has 2 amide bonds. The summed E-state index contributed by atoms with van der Waals surface area (Å²) in [6.45, 7) is 5.64. The smallest absolute Gasteiger partial charge is 0.255 e. The van der Waals surface area contributed by atoms with Gasteiger partial charge < -0.3 is 15.4 Å². The second kappa shape index (κ2) is 12.6. The zero-order chi connectivity index (χ0) is 20.9. The van der Waals surface area contributed by atoms with Crippen LogP contribution >= 0.6 is 0 Å². The Labute approximate surface area is 173 Å². The van der Waals surface area contributed by atoms with Crippen LogP contribution in [-0.4, -0.2) is 25.0 Å². The third-order valence-corrected chi connectivity index (χ3v) is 4.60. The Morgan fingerprint density at radius 2 is 1.38 bits per heavy atom. The van der Waals surface area contributed by atoms with Crippen molar-refractivity contribution in [2.24, 2.45) is 0 Å². The summed E-state index contributed by atoms with van der Waals surface area (Å²) in [4.78, 5) is 24.4. The van der Waals surface area contributed by atoms with Gasteiger partial charge >= 0.3 is 0 Å². The van der Waals surface area contributed by atoms with Crippen LogP contribution in [0.25, 0.3) is 0 Å². The van der Waals surface area contributed by atoms with Gasteiger partial charge in [0, 0.05) is 23.4 Å². The van der Waals surface area contributed by atoms with Crippen LogP contribution in [0, 0.1) is 0 Å². The summed E-state index contributed by atoms with van der Waals surface area (Å²) in [6, 6.07) is 14.1. The lowest BCUT2D eigenvalue weighted by Crippen LogP contribution is -2.24. The highest BCUT2D eigenvalue weighted by molar-refractivity contribution is 6.04. The van der Waals surface area contributed by atoms with Crippen molar-refractivity contribution in [3.05, 3.63) is 59.7 Å². The third kappa shape index (κ3) is 7.98. The minimum absolute atomic E-state index is 0.0957. The van der Waals surface area contributed by atoms with Crippen LogP contribution in [0.4, 0.5) is 5.69 Å². The highest BCUT2D eigenvalue weighted by Crippen LogP contribution is 2.16. The zero-order valence-electron chi connectivity index (χ0n) is 17.5. The largest absolute Gasteiger partial charge is 0.494 e. The Bertz CT molecular complexity index is 755. The minimum atomic E-state index is -0.195. The normalized spacial score (nSPS) is 10.4. The van der Waals surface area contributed by atoms with Crippen molar-refractivity contribution in [2.45, 2.75) is 52.4 Å². The molecule has 0 radical (unpaired) electrons. The van der Waals surface area contributed by atoms with Crippen molar-refractivity contribution < 1.29 is 14.3 Å². The average Bonchev–Trinajstić information content (AvgIpc) is 2.74. The molecule has 0 aliphatic carbocycles. The molecule has 0 aliphatic rings. The molecular weight excluding hydrogens is 364 g/mol. The van der Waals surface area contributed by atoms with E-state index in [4.69, 9.17) is 4.74 Å². The van der Waals surface area contributed by atoms with Crippen LogP contribution in [0.1, 0.15) is 73.1 Å². The van der Waals surface area contributed by atoms with E-state index in [-0.39, 0.29) is 11.8 Å². The number of amides is 2. The van der Waals surface area contributed by atoms with Crippen LogP contribution in [-0.2, 0) is 0 Å². The molecule has 2 rings (SSSR count). The standard InChI is InChI=1S/C24H32N2O3/c1-3-5-7-8-18-29-22-15-11-20(12-16-22)24(28)26-21-13-9-19(10-14-21)23(27)25-17-6-4-2/h9-16H,3-8,17-18H2,1-2H3,(H,25,27)(H,26,28). The molecule has 0 fully saturated rings. The van der Waals surface area contributed by atoms with Crippen molar-refractivity contribution >= 4 is 17.5 Å². The van der Waals surface area contributed by atoms with E-state index in [1.807, 2.05) is 12.1 Å². The van der Waals surface area contributed by atoms with E-state index in [9.17, 15) is 9.59 Å². The molecule has 2 aromatic rings. The maximum atomic E-state index is 12.4. The van der Waals surface area contributed by atoms with E-state index in [2.05, 4.69) is 24.5 Å². The van der Waals surface area contributed by atoms with Crippen molar-refractivity contribution in [3.63, 3.8) is 0 Å². The van der Waals surface area contributed by atoms with E-state index in [1.54, 1.807) is 36.4 Å². The summed E-state index contributed by atoms with van der Waals surface area (Å²) in [5.41, 5.74) is 1.79. The number of hydrogen-bond donors (Lipinski definition) is 2. The fourth-order valence-electron chi connectivity index (χ4n) is 2.81. The van der Waals surface area contributed by atoms with Gasteiger partial charge in [-0.3, -0.25) is 9.59 Å². The van der Waals surface area contributed by atoms with Gasteiger partial charge in [-0.25, -0.2) is 0 Å². The highest BCUT2D eigenvalue weighted by Gasteiger charge is 2.08. The van der Waals surface area contributed by atoms with Crippen LogP contribution < -0.4 is 15.4 Å². The quantitative estimate of drug-likeness (QED) is 0.470. The molecule has 0 saturated carbocycles. The lowest BCUT2D eigenvalue weighted by Gasteiger charge is -2.09. The summed E-state index contributed by atoms with van der Waals surface area (Å²) < 4.78 is 5.71. The molecule has 0 spiro atoms. The average molecular weight is 397 g/mol. The highest BCUT2D eigenvalue weighted by atomic mass is 16.5. The zero-order valence-corrected chi connectivity index (χ0v) is 17.5. The Kier molecular flexibility index (Phi) is 9.76. The number of carbonyl (C=O) groups excluding carboxylic acids is 2. The molecule has 0 aromatic heterocycles. The Balaban J connectivity index is 1.82. The summed E-state index contributed by atoms with van der Waals surface area (Å²) in [5.74, 6) is 0.484. The maximum Gasteiger partial charge on any atom is 0.255 e. The Morgan fingerprint density at radius 1 is 0.759 bits per heavy atom. The lowest BCUT2D eigenvalue weighted by atomic mass is 10.1. The van der Waals surface area contributed by atoms with Gasteiger partial charge in [-0.05, 0) is 61.4 Å². The monoisotopic (exact) mass is 396 g/mol. The van der Waals surface area contributed by atoms with Gasteiger partial charge in [-0.1, -0.05) is 39.5 Å². The Hall–Kier alpha value is -2.82. The molecule has 0 aliphatic heterocycles. The van der Waals surface area contributed by atoms with Crippen molar-refractivity contribution in [2.75, 3.05) is 18.5 Å². The number of carbonyl (C=O) groups is 2. The Morgan fingerprint density at radius 3 is 2.03 bits per heavy atom. The number of ether oxygens (including phenoxy) is 1. The number of anilines is 1. The van der Waals surface area contributed by atoms with Crippen molar-refractivity contribution in [1.82, 2.24) is 5.32 Å². The fraction of sp³-hybridized carbons (Fsp3) is 0.417. The van der Waals surface area contributed by atoms with Gasteiger partial charge in [-0.2, -0.15) is 0 Å². The molecule has 2 aromatic carbocycles. The summed E-state index contributed by atoms with van der Waals surface area (Å²) in [5, 5.41) is 5.73. The predicted molar refractivity (Wildman–Crippen MR) is 118 cm³/mol. The number of rotatable bonds is 12. The molecule has 0 atom stereocenters. The van der Waals surface area contributed by atoms with Gasteiger partial charge in [-0.15, -0.1) is 0 Å². The maximum absolute atomic E-state index is 12.4. The molecular formula is C24H32N2O3. The first-order chi connectivity index (χ1) is 14.1. The van der Waals surface area contributed by atoms with E-state index in [0.29, 0.717) is 30.0 Å². The number of unbranched alkanes of at least 4 members (excludes halogenated alkanes) is 4. The van der Waals surface area contributed by atoms with Crippen molar-refractivity contribution in [3.8, 4) is 5.75 Å². The topological polar surface area (TPSA) is 67.4 Å². The molecule has 0 saturated heterocycles. The number of nitrogens with one attached hydrogen (secondary N) is 2. The molecule has 156 valence electrons. The number of hydrogen-bond acceptors (Lipinski definition) is 3. The van der Waals surface area contributed by atoms with Crippen LogP contribution in [0.15, 0.2) is 48.5 Å². The SMILES string of the molecule is CCCCCCOc1ccc(C(=O)Nc2ccc(C(=O)NCCCC)cc2)cc1. The van der Waals surface area contributed by atoms with Crippen LogP contribution in [0.2, 0.25) is 0 Å². The van der Waals surface area contributed by atoms with Gasteiger partial charge in [0.15, 0.2) is 0 Å². The molecule has 29 heavy (non-hydrogen) atoms. The number of benzene rings is 2. The van der Waals surface area contributed by atoms with Gasteiger partial charge in [0.05, 0.1) is 6.61 Å². The minimum Gasteiger partial charge on any atom is -0.494 e. The first-order valence-corrected chi connectivity index (χ1v) is 10.6. The molecule has 5 nitrogen and oxygen atoms in total. The first-order valence-electron chi connectivity index (χ1n) is 10.6. The predicted octanol–water partition coefficient (Wildman–Crippen LogP) is 5.43. The van der Waals surface area contributed by atoms with Crippen LogP contribution in [0.3, 0.4) is 0 Å². The molecule has 0 bridgehead atoms. The molecule has 2 N–H and O–H groups in total. The molecule has 0 heterocycles. The van der Waals surface area contributed by atoms with Gasteiger partial charge in [0.25, 0.3) is 11.8 Å². The van der Waals surface area contributed by atoms with Gasteiger partial charge in [0.1, 0.15) is 5.75 Å². The third-order valence-electron chi connectivity index (χ3n) is 4.60. The molecule has 0 unspecified atom stereocenters. The van der Waals surface area contributed by atoms with E-state index >= 15 is 0 Å². The fourth-order valence-corrected chi connectivity index (χ4v) is 2.81. The lowest BCUT2D eigenvalue weighted by molar-refractivity contribution is 0.0952. The van der Waals surface area contributed by atoms with Gasteiger partial charge in [0.2, 0.25) is 0 Å². The molecule has 5 heteroatoms. The first kappa shape index (κ1) is 22.5. The summed E-state index contributed by atoms with van der Waals surface area (Å²) in [7, 11) is 0. The second-order valence-electron chi connectivity index (χ2n) is 7.07. The van der Waals surface area contributed by atoms with E-state index in [0.717, 1.165) is 25.0 Å². The summed E-state index contributed by atoms with van der Waals surface area (Å²) >= 11 is 0. The second-order valence-corrected chi connectivity index (χ2v) is 7.07. The van der Waals surface area contributed by atoms with Crippen molar-refractivity contribution in [1.29, 1.82) is 0 Å². The summed E-state index contributed by atoms with van der Waals surface area (Å²) in [6.07, 6.45) is 6.66. The van der Waals surface area contributed by atoms with Crippen LogP contribution in [0.5, 0.6) is 5.75 Å². The van der Waals surface area contributed by atoms with E-state index in [1.165, 1.54) is 19.3 Å².